The first-order chi connectivity index (χ1) is 9.36. The molecule has 1 aliphatic carbocycles. The predicted octanol–water partition coefficient (Wildman–Crippen LogP) is 2.29. The number of rotatable bonds is 6. The third-order valence-corrected chi connectivity index (χ3v) is 4.18. The number of carbonyl (C=O) groups excluding carboxylic acids is 1. The number of carbonyl (C=O) groups is 2. The van der Waals surface area contributed by atoms with Gasteiger partial charge in [0.1, 0.15) is 12.1 Å². The summed E-state index contributed by atoms with van der Waals surface area (Å²) < 4.78 is 5.94. The van der Waals surface area contributed by atoms with Gasteiger partial charge in [-0.25, -0.2) is 4.79 Å². The van der Waals surface area contributed by atoms with Crippen LogP contribution in [0.1, 0.15) is 52.9 Å². The van der Waals surface area contributed by atoms with Gasteiger partial charge in [0.15, 0.2) is 0 Å². The maximum atomic E-state index is 12.3. The topological polar surface area (TPSA) is 66.8 Å². The molecule has 1 fully saturated rings. The molecule has 1 N–H and O–H groups in total. The van der Waals surface area contributed by atoms with Gasteiger partial charge in [-0.15, -0.1) is 0 Å². The number of likely N-dealkylation sites (N-methyl/N-ethyl adjacent to an activating group) is 1. The van der Waals surface area contributed by atoms with Crippen molar-refractivity contribution in [3.8, 4) is 0 Å². The van der Waals surface area contributed by atoms with Crippen LogP contribution in [0.25, 0.3) is 0 Å². The van der Waals surface area contributed by atoms with Crippen molar-refractivity contribution < 1.29 is 19.4 Å². The lowest BCUT2D eigenvalue weighted by atomic mass is 9.88. The Labute approximate surface area is 121 Å². The van der Waals surface area contributed by atoms with E-state index in [0.717, 1.165) is 19.3 Å². The van der Waals surface area contributed by atoms with Gasteiger partial charge in [-0.2, -0.15) is 0 Å². The smallest absolute Gasteiger partial charge is 0.326 e. The van der Waals surface area contributed by atoms with Crippen LogP contribution in [0.3, 0.4) is 0 Å². The zero-order chi connectivity index (χ0) is 15.3. The molecule has 1 rings (SSSR count). The number of carboxylic acid groups (broad SMARTS) is 1. The molecule has 0 aromatic carbocycles. The van der Waals surface area contributed by atoms with Gasteiger partial charge >= 0.3 is 5.97 Å². The van der Waals surface area contributed by atoms with Crippen LogP contribution < -0.4 is 0 Å². The number of amides is 1. The fourth-order valence-electron chi connectivity index (χ4n) is 2.65. The quantitative estimate of drug-likeness (QED) is 0.813. The van der Waals surface area contributed by atoms with Crippen molar-refractivity contribution in [2.45, 2.75) is 71.1 Å². The van der Waals surface area contributed by atoms with E-state index in [1.54, 1.807) is 0 Å². The van der Waals surface area contributed by atoms with Crippen LogP contribution in [-0.2, 0) is 14.3 Å². The minimum Gasteiger partial charge on any atom is -0.480 e. The van der Waals surface area contributed by atoms with Gasteiger partial charge in [0.2, 0.25) is 0 Å². The molecule has 1 saturated carbocycles. The van der Waals surface area contributed by atoms with E-state index in [1.165, 1.54) is 25.3 Å². The number of aliphatic carboxylic acids is 1. The monoisotopic (exact) mass is 285 g/mol. The fraction of sp³-hybridized carbons (Fsp3) is 0.867. The summed E-state index contributed by atoms with van der Waals surface area (Å²) >= 11 is 0. The first-order valence-electron chi connectivity index (χ1n) is 7.51. The molecule has 0 bridgehead atoms. The van der Waals surface area contributed by atoms with E-state index in [9.17, 15) is 9.59 Å². The van der Waals surface area contributed by atoms with Gasteiger partial charge in [-0.05, 0) is 32.1 Å². The average molecular weight is 285 g/mol. The summed E-state index contributed by atoms with van der Waals surface area (Å²) in [5.74, 6) is -0.598. The van der Waals surface area contributed by atoms with Crippen LogP contribution in [0.5, 0.6) is 0 Å². The van der Waals surface area contributed by atoms with Crippen molar-refractivity contribution in [3.05, 3.63) is 0 Å². The Morgan fingerprint density at radius 1 is 1.40 bits per heavy atom. The van der Waals surface area contributed by atoms with Crippen LogP contribution in [0, 0.1) is 5.92 Å². The van der Waals surface area contributed by atoms with E-state index in [1.807, 2.05) is 6.92 Å². The second-order valence-electron chi connectivity index (χ2n) is 5.89. The summed E-state index contributed by atoms with van der Waals surface area (Å²) in [4.78, 5) is 24.5. The van der Waals surface area contributed by atoms with Crippen LogP contribution in [0.4, 0.5) is 0 Å². The highest BCUT2D eigenvalue weighted by molar-refractivity contribution is 5.85. The molecule has 4 unspecified atom stereocenters. The largest absolute Gasteiger partial charge is 0.480 e. The molecule has 116 valence electrons. The van der Waals surface area contributed by atoms with Crippen molar-refractivity contribution >= 4 is 11.9 Å². The lowest BCUT2D eigenvalue weighted by Gasteiger charge is -2.32. The Kier molecular flexibility index (Phi) is 6.46. The Morgan fingerprint density at radius 3 is 2.55 bits per heavy atom. The van der Waals surface area contributed by atoms with Crippen molar-refractivity contribution in [2.75, 3.05) is 7.05 Å². The number of hydrogen-bond donors (Lipinski definition) is 1. The Balaban J connectivity index is 2.60. The van der Waals surface area contributed by atoms with Crippen LogP contribution >= 0.6 is 0 Å². The predicted molar refractivity (Wildman–Crippen MR) is 76.5 cm³/mol. The van der Waals surface area contributed by atoms with Crippen molar-refractivity contribution in [2.24, 2.45) is 5.92 Å². The number of carboxylic acids is 1. The minimum atomic E-state index is -0.998. The number of hydrogen-bond acceptors (Lipinski definition) is 3. The molecular formula is C15H27NO4. The van der Waals surface area contributed by atoms with Crippen molar-refractivity contribution in [3.63, 3.8) is 0 Å². The highest BCUT2D eigenvalue weighted by atomic mass is 16.5. The Morgan fingerprint density at radius 2 is 2.05 bits per heavy atom. The summed E-state index contributed by atoms with van der Waals surface area (Å²) in [6.07, 6.45) is 4.51. The van der Waals surface area contributed by atoms with E-state index in [4.69, 9.17) is 9.84 Å². The highest BCUT2D eigenvalue weighted by Gasteiger charge is 2.30. The van der Waals surface area contributed by atoms with E-state index in [2.05, 4.69) is 6.92 Å². The summed E-state index contributed by atoms with van der Waals surface area (Å²) in [5.41, 5.74) is 0. The Hall–Kier alpha value is -1.10. The summed E-state index contributed by atoms with van der Waals surface area (Å²) in [6, 6.07) is -0.828. The van der Waals surface area contributed by atoms with E-state index < -0.39 is 18.1 Å². The van der Waals surface area contributed by atoms with Gasteiger partial charge in [0, 0.05) is 7.05 Å². The van der Waals surface area contributed by atoms with Crippen LogP contribution in [0.2, 0.25) is 0 Å². The molecule has 4 atom stereocenters. The van der Waals surface area contributed by atoms with Crippen molar-refractivity contribution in [1.29, 1.82) is 0 Å². The molecule has 20 heavy (non-hydrogen) atoms. The molecule has 0 aromatic heterocycles. The summed E-state index contributed by atoms with van der Waals surface area (Å²) in [5, 5.41) is 8.98. The molecule has 5 heteroatoms. The number of ether oxygens (including phenoxy) is 1. The molecule has 5 nitrogen and oxygen atoms in total. The second kappa shape index (κ2) is 7.62. The SMILES string of the molecule is CCC(OC1CCCC(C)C1)C(=O)N(C)C(C)C(=O)O. The van der Waals surface area contributed by atoms with Gasteiger partial charge in [0.05, 0.1) is 6.10 Å². The average Bonchev–Trinajstić information content (AvgIpc) is 2.42. The molecule has 1 aliphatic rings. The van der Waals surface area contributed by atoms with Gasteiger partial charge in [-0.3, -0.25) is 4.79 Å². The summed E-state index contributed by atoms with van der Waals surface area (Å²) in [6.45, 7) is 5.61. The van der Waals surface area contributed by atoms with Gasteiger partial charge in [-0.1, -0.05) is 26.7 Å². The lowest BCUT2D eigenvalue weighted by molar-refractivity contribution is -0.157. The second-order valence-corrected chi connectivity index (χ2v) is 5.89. The van der Waals surface area contributed by atoms with Crippen molar-refractivity contribution in [1.82, 2.24) is 4.90 Å². The van der Waals surface area contributed by atoms with Crippen LogP contribution in [0.15, 0.2) is 0 Å². The molecule has 0 spiro atoms. The van der Waals surface area contributed by atoms with Gasteiger partial charge < -0.3 is 14.7 Å². The number of nitrogens with zero attached hydrogens (tertiary/aromatic N) is 1. The zero-order valence-corrected chi connectivity index (χ0v) is 13.0. The van der Waals surface area contributed by atoms with Gasteiger partial charge in [0.25, 0.3) is 5.91 Å². The molecule has 0 aromatic rings. The van der Waals surface area contributed by atoms with Crippen LogP contribution in [-0.4, -0.2) is 47.2 Å². The minimum absolute atomic E-state index is 0.126. The van der Waals surface area contributed by atoms with E-state index in [-0.39, 0.29) is 12.0 Å². The highest BCUT2D eigenvalue weighted by Crippen LogP contribution is 2.27. The molecule has 0 saturated heterocycles. The normalized spacial score (nSPS) is 25.8. The molecule has 0 heterocycles. The molecule has 0 radical (unpaired) electrons. The lowest BCUT2D eigenvalue weighted by Crippen LogP contribution is -2.47. The third-order valence-electron chi connectivity index (χ3n) is 4.18. The molecule has 0 aliphatic heterocycles. The maximum Gasteiger partial charge on any atom is 0.326 e. The van der Waals surface area contributed by atoms with E-state index >= 15 is 0 Å². The maximum absolute atomic E-state index is 12.3. The fourth-order valence-corrected chi connectivity index (χ4v) is 2.65. The molecule has 1 amide bonds. The third kappa shape index (κ3) is 4.47. The first kappa shape index (κ1) is 17.0. The Bertz CT molecular complexity index is 345. The zero-order valence-electron chi connectivity index (χ0n) is 13.0. The standard InChI is InChI=1S/C15H27NO4/c1-5-13(14(17)16(4)11(3)15(18)19)20-12-8-6-7-10(2)9-12/h10-13H,5-9H2,1-4H3,(H,18,19). The first-order valence-corrected chi connectivity index (χ1v) is 7.51. The van der Waals surface area contributed by atoms with E-state index in [0.29, 0.717) is 12.3 Å². The molecular weight excluding hydrogens is 258 g/mol. The summed E-state index contributed by atoms with van der Waals surface area (Å²) in [7, 11) is 1.52.